The van der Waals surface area contributed by atoms with E-state index in [1.807, 2.05) is 37.3 Å². The van der Waals surface area contributed by atoms with E-state index in [4.69, 9.17) is 0 Å². The summed E-state index contributed by atoms with van der Waals surface area (Å²) in [4.78, 5) is 24.8. The standard InChI is InChI=1S/C18H21N3O3/c1-3-20(15-8-5-4-6-9-15)13-12-18(22)19-16-10-7-11-17(14(16)2)21(23)24/h4-11H,3,12-13H2,1-2H3,(H,19,22). The Bertz CT molecular complexity index is 717. The summed E-state index contributed by atoms with van der Waals surface area (Å²) in [6, 6.07) is 14.6. The number of carbonyl (C=O) groups is 1. The average Bonchev–Trinajstić information content (AvgIpc) is 2.58. The summed E-state index contributed by atoms with van der Waals surface area (Å²) < 4.78 is 0. The molecule has 126 valence electrons. The maximum Gasteiger partial charge on any atom is 0.274 e. The Morgan fingerprint density at radius 1 is 1.17 bits per heavy atom. The van der Waals surface area contributed by atoms with E-state index in [0.29, 0.717) is 24.2 Å². The number of nitrogens with zero attached hydrogens (tertiary/aromatic N) is 2. The van der Waals surface area contributed by atoms with Crippen molar-refractivity contribution in [2.24, 2.45) is 0 Å². The van der Waals surface area contributed by atoms with Crippen molar-refractivity contribution in [3.8, 4) is 0 Å². The number of rotatable bonds is 7. The predicted octanol–water partition coefficient (Wildman–Crippen LogP) is 3.76. The fourth-order valence-corrected chi connectivity index (χ4v) is 2.51. The van der Waals surface area contributed by atoms with Crippen LogP contribution in [-0.4, -0.2) is 23.9 Å². The number of nitrogens with one attached hydrogen (secondary N) is 1. The van der Waals surface area contributed by atoms with Crippen LogP contribution in [0.15, 0.2) is 48.5 Å². The van der Waals surface area contributed by atoms with Crippen LogP contribution in [0.1, 0.15) is 18.9 Å². The minimum atomic E-state index is -0.445. The highest BCUT2D eigenvalue weighted by atomic mass is 16.6. The number of carbonyl (C=O) groups excluding carboxylic acids is 1. The molecule has 2 aromatic carbocycles. The molecule has 0 radical (unpaired) electrons. The van der Waals surface area contributed by atoms with Gasteiger partial charge in [-0.3, -0.25) is 14.9 Å². The van der Waals surface area contributed by atoms with E-state index in [1.165, 1.54) is 6.07 Å². The molecule has 2 rings (SSSR count). The zero-order chi connectivity index (χ0) is 17.5. The smallest absolute Gasteiger partial charge is 0.274 e. The van der Waals surface area contributed by atoms with Crippen molar-refractivity contribution in [1.82, 2.24) is 0 Å². The number of benzene rings is 2. The molecule has 6 heteroatoms. The highest BCUT2D eigenvalue weighted by Gasteiger charge is 2.15. The van der Waals surface area contributed by atoms with E-state index in [2.05, 4.69) is 10.2 Å². The number of amides is 1. The van der Waals surface area contributed by atoms with Gasteiger partial charge >= 0.3 is 0 Å². The summed E-state index contributed by atoms with van der Waals surface area (Å²) in [5, 5.41) is 13.7. The summed E-state index contributed by atoms with van der Waals surface area (Å²) in [6.07, 6.45) is 0.310. The second-order valence-electron chi connectivity index (χ2n) is 5.42. The maximum absolute atomic E-state index is 12.2. The first-order valence-corrected chi connectivity index (χ1v) is 7.86. The van der Waals surface area contributed by atoms with Gasteiger partial charge in [0.25, 0.3) is 5.69 Å². The molecule has 0 saturated heterocycles. The van der Waals surface area contributed by atoms with E-state index in [0.717, 1.165) is 12.2 Å². The number of anilines is 2. The maximum atomic E-state index is 12.2. The molecule has 0 spiro atoms. The predicted molar refractivity (Wildman–Crippen MR) is 95.4 cm³/mol. The van der Waals surface area contributed by atoms with Gasteiger partial charge in [-0.1, -0.05) is 24.3 Å². The lowest BCUT2D eigenvalue weighted by Crippen LogP contribution is -2.27. The van der Waals surface area contributed by atoms with Crippen molar-refractivity contribution >= 4 is 23.0 Å². The van der Waals surface area contributed by atoms with Gasteiger partial charge in [-0.05, 0) is 32.0 Å². The molecule has 1 N–H and O–H groups in total. The second-order valence-corrected chi connectivity index (χ2v) is 5.42. The van der Waals surface area contributed by atoms with Gasteiger partial charge < -0.3 is 10.2 Å². The monoisotopic (exact) mass is 327 g/mol. The van der Waals surface area contributed by atoms with Crippen molar-refractivity contribution in [3.63, 3.8) is 0 Å². The molecule has 0 aliphatic rings. The normalized spacial score (nSPS) is 10.2. The molecule has 0 aliphatic heterocycles. The molecule has 0 saturated carbocycles. The average molecular weight is 327 g/mol. The summed E-state index contributed by atoms with van der Waals surface area (Å²) in [7, 11) is 0. The van der Waals surface area contributed by atoms with E-state index in [9.17, 15) is 14.9 Å². The van der Waals surface area contributed by atoms with Crippen molar-refractivity contribution in [3.05, 3.63) is 64.2 Å². The number of nitro benzene ring substituents is 1. The Morgan fingerprint density at radius 3 is 2.50 bits per heavy atom. The Balaban J connectivity index is 1.99. The first kappa shape index (κ1) is 17.5. The molecule has 0 unspecified atom stereocenters. The van der Waals surface area contributed by atoms with Gasteiger partial charge in [0.15, 0.2) is 0 Å². The lowest BCUT2D eigenvalue weighted by atomic mass is 10.1. The van der Waals surface area contributed by atoms with Gasteiger partial charge in [0, 0.05) is 31.3 Å². The van der Waals surface area contributed by atoms with Crippen molar-refractivity contribution in [2.75, 3.05) is 23.3 Å². The molecule has 0 atom stereocenters. The van der Waals surface area contributed by atoms with Crippen LogP contribution in [0.25, 0.3) is 0 Å². The largest absolute Gasteiger partial charge is 0.371 e. The number of nitro groups is 1. The molecule has 24 heavy (non-hydrogen) atoms. The van der Waals surface area contributed by atoms with Gasteiger partial charge in [-0.15, -0.1) is 0 Å². The van der Waals surface area contributed by atoms with E-state index in [1.54, 1.807) is 19.1 Å². The van der Waals surface area contributed by atoms with E-state index >= 15 is 0 Å². The number of hydrogen-bond donors (Lipinski definition) is 1. The Hall–Kier alpha value is -2.89. The topological polar surface area (TPSA) is 75.5 Å². The molecule has 0 bridgehead atoms. The van der Waals surface area contributed by atoms with Crippen LogP contribution in [0.4, 0.5) is 17.1 Å². The molecular weight excluding hydrogens is 306 g/mol. The third-order valence-electron chi connectivity index (χ3n) is 3.89. The third-order valence-corrected chi connectivity index (χ3v) is 3.89. The highest BCUT2D eigenvalue weighted by molar-refractivity contribution is 5.92. The fraction of sp³-hybridized carbons (Fsp3) is 0.278. The van der Waals surface area contributed by atoms with Crippen molar-refractivity contribution in [2.45, 2.75) is 20.3 Å². The molecule has 0 aliphatic carbocycles. The van der Waals surface area contributed by atoms with Crippen LogP contribution in [-0.2, 0) is 4.79 Å². The summed E-state index contributed by atoms with van der Waals surface area (Å²) in [5.74, 6) is -0.159. The Kier molecular flexibility index (Phi) is 5.89. The zero-order valence-corrected chi connectivity index (χ0v) is 13.9. The van der Waals surface area contributed by atoms with E-state index < -0.39 is 4.92 Å². The minimum absolute atomic E-state index is 0.00673. The summed E-state index contributed by atoms with van der Waals surface area (Å²) in [5.41, 5.74) is 2.02. The van der Waals surface area contributed by atoms with Crippen LogP contribution < -0.4 is 10.2 Å². The molecule has 2 aromatic rings. The molecule has 0 heterocycles. The van der Waals surface area contributed by atoms with Gasteiger partial charge in [0.1, 0.15) is 0 Å². The molecule has 0 aromatic heterocycles. The SMILES string of the molecule is CCN(CCC(=O)Nc1cccc([N+](=O)[O-])c1C)c1ccccc1. The van der Waals surface area contributed by atoms with Gasteiger partial charge in [0.2, 0.25) is 5.91 Å². The molecule has 0 fully saturated rings. The van der Waals surface area contributed by atoms with Crippen molar-refractivity contribution < 1.29 is 9.72 Å². The highest BCUT2D eigenvalue weighted by Crippen LogP contribution is 2.25. The minimum Gasteiger partial charge on any atom is -0.371 e. The fourth-order valence-electron chi connectivity index (χ4n) is 2.51. The Morgan fingerprint density at radius 2 is 1.88 bits per heavy atom. The zero-order valence-electron chi connectivity index (χ0n) is 13.9. The molecule has 6 nitrogen and oxygen atoms in total. The summed E-state index contributed by atoms with van der Waals surface area (Å²) >= 11 is 0. The summed E-state index contributed by atoms with van der Waals surface area (Å²) in [6.45, 7) is 5.05. The second kappa shape index (κ2) is 8.10. The number of hydrogen-bond acceptors (Lipinski definition) is 4. The first-order valence-electron chi connectivity index (χ1n) is 7.86. The molecular formula is C18H21N3O3. The molecule has 1 amide bonds. The first-order chi connectivity index (χ1) is 11.5. The van der Waals surface area contributed by atoms with Crippen LogP contribution in [0.3, 0.4) is 0 Å². The number of para-hydroxylation sites is 1. The van der Waals surface area contributed by atoms with Crippen LogP contribution in [0.5, 0.6) is 0 Å². The van der Waals surface area contributed by atoms with E-state index in [-0.39, 0.29) is 11.6 Å². The third kappa shape index (κ3) is 4.32. The Labute approximate surface area is 141 Å². The van der Waals surface area contributed by atoms with Crippen molar-refractivity contribution in [1.29, 1.82) is 0 Å². The van der Waals surface area contributed by atoms with Gasteiger partial charge in [-0.2, -0.15) is 0 Å². The van der Waals surface area contributed by atoms with Gasteiger partial charge in [0.05, 0.1) is 16.2 Å². The van der Waals surface area contributed by atoms with Crippen LogP contribution in [0.2, 0.25) is 0 Å². The lowest BCUT2D eigenvalue weighted by Gasteiger charge is -2.22. The quantitative estimate of drug-likeness (QED) is 0.620. The lowest BCUT2D eigenvalue weighted by molar-refractivity contribution is -0.385. The van der Waals surface area contributed by atoms with Crippen LogP contribution >= 0.6 is 0 Å². The van der Waals surface area contributed by atoms with Crippen LogP contribution in [0, 0.1) is 17.0 Å². The van der Waals surface area contributed by atoms with Gasteiger partial charge in [-0.25, -0.2) is 0 Å².